The van der Waals surface area contributed by atoms with Crippen molar-refractivity contribution < 1.29 is 25.8 Å². The molecule has 0 N–H and O–H groups in total. The Labute approximate surface area is 317 Å². The SMILES string of the molecule is Cc1ccnc(-c2[c-]c(Oc3[c-]c([N+]4=C=[N+](c5c(-c6ccccc6)cccc5-c5ccccc5)c5c4ccc4ccccc54)ccc3)ccc2)c1.[Pt+2]. The van der Waals surface area contributed by atoms with Gasteiger partial charge in [-0.1, -0.05) is 119 Å². The summed E-state index contributed by atoms with van der Waals surface area (Å²) < 4.78 is 10.7. The van der Waals surface area contributed by atoms with Crippen LogP contribution in [0.4, 0.5) is 22.7 Å². The first-order valence-electron chi connectivity index (χ1n) is 17.0. The summed E-state index contributed by atoms with van der Waals surface area (Å²) in [6, 6.07) is 67.1. The number of rotatable bonds is 7. The van der Waals surface area contributed by atoms with Crippen molar-refractivity contribution >= 4 is 39.5 Å². The normalized spacial score (nSPS) is 11.7. The minimum atomic E-state index is 0. The van der Waals surface area contributed by atoms with Gasteiger partial charge in [-0.3, -0.25) is 0 Å². The molecule has 0 unspecified atom stereocenters. The van der Waals surface area contributed by atoms with Crippen molar-refractivity contribution in [3.63, 3.8) is 0 Å². The van der Waals surface area contributed by atoms with Crippen LogP contribution in [0.15, 0.2) is 170 Å². The third kappa shape index (κ3) is 6.20. The smallest absolute Gasteiger partial charge is 0.503 e. The third-order valence-electron chi connectivity index (χ3n) is 9.15. The number of pyridine rings is 1. The quantitative estimate of drug-likeness (QED) is 0.118. The van der Waals surface area contributed by atoms with Crippen molar-refractivity contribution in [3.8, 4) is 45.0 Å². The van der Waals surface area contributed by atoms with Crippen LogP contribution in [0.25, 0.3) is 44.3 Å². The summed E-state index contributed by atoms with van der Waals surface area (Å²) in [5.74, 6) is 1.17. The monoisotopic (exact) mass is 848 g/mol. The maximum atomic E-state index is 6.39. The first kappa shape index (κ1) is 33.0. The molecule has 0 bridgehead atoms. The second-order valence-corrected chi connectivity index (χ2v) is 12.5. The zero-order chi connectivity index (χ0) is 34.1. The molecule has 0 saturated heterocycles. The van der Waals surface area contributed by atoms with Crippen molar-refractivity contribution in [2.75, 3.05) is 0 Å². The Kier molecular flexibility index (Phi) is 9.02. The number of fused-ring (bicyclic) bond motifs is 3. The van der Waals surface area contributed by atoms with Crippen LogP contribution >= 0.6 is 0 Å². The molecule has 8 aromatic rings. The summed E-state index contributed by atoms with van der Waals surface area (Å²) in [6.07, 6.45) is 1.82. The molecule has 0 amide bonds. The minimum absolute atomic E-state index is 0. The van der Waals surface area contributed by atoms with E-state index < -0.39 is 0 Å². The molecule has 5 heteroatoms. The number of hydrogen-bond acceptors (Lipinski definition) is 2. The summed E-state index contributed by atoms with van der Waals surface area (Å²) in [7, 11) is 0. The molecule has 1 aliphatic rings. The van der Waals surface area contributed by atoms with Crippen LogP contribution in [0.5, 0.6) is 11.5 Å². The summed E-state index contributed by atoms with van der Waals surface area (Å²) in [5, 5.41) is 2.29. The van der Waals surface area contributed by atoms with Crippen LogP contribution in [-0.4, -0.2) is 11.0 Å². The van der Waals surface area contributed by atoms with E-state index in [-0.39, 0.29) is 21.1 Å². The van der Waals surface area contributed by atoms with Crippen molar-refractivity contribution in [2.24, 2.45) is 0 Å². The fourth-order valence-corrected chi connectivity index (χ4v) is 6.78. The Morgan fingerprint density at radius 1 is 0.577 bits per heavy atom. The van der Waals surface area contributed by atoms with Gasteiger partial charge in [0.05, 0.1) is 16.5 Å². The Bertz CT molecular complexity index is 2610. The van der Waals surface area contributed by atoms with E-state index >= 15 is 0 Å². The third-order valence-corrected chi connectivity index (χ3v) is 9.15. The van der Waals surface area contributed by atoms with Gasteiger partial charge in [0, 0.05) is 23.8 Å². The second-order valence-electron chi connectivity index (χ2n) is 12.5. The van der Waals surface area contributed by atoms with Crippen LogP contribution in [-0.2, 0) is 21.1 Å². The van der Waals surface area contributed by atoms with Gasteiger partial charge >= 0.3 is 32.8 Å². The van der Waals surface area contributed by atoms with Gasteiger partial charge in [-0.05, 0) is 64.0 Å². The average molecular weight is 849 g/mol. The van der Waals surface area contributed by atoms with Crippen LogP contribution in [0.1, 0.15) is 5.56 Å². The Balaban J connectivity index is 0.00000387. The molecule has 0 atom stereocenters. The second kappa shape index (κ2) is 14.2. The van der Waals surface area contributed by atoms with E-state index in [0.29, 0.717) is 11.5 Å². The fraction of sp³-hybridized carbons (Fsp3) is 0.0213. The van der Waals surface area contributed by atoms with Crippen LogP contribution in [0.3, 0.4) is 0 Å². The molecule has 0 saturated carbocycles. The molecule has 1 aromatic heterocycles. The number of aromatic nitrogens is 1. The van der Waals surface area contributed by atoms with Crippen LogP contribution < -0.4 is 13.9 Å². The molecule has 1 aliphatic heterocycles. The number of aryl methyl sites for hydroxylation is 1. The van der Waals surface area contributed by atoms with E-state index in [1.165, 1.54) is 0 Å². The molecule has 52 heavy (non-hydrogen) atoms. The van der Waals surface area contributed by atoms with Gasteiger partial charge in [0.2, 0.25) is 5.69 Å². The summed E-state index contributed by atoms with van der Waals surface area (Å²) in [4.78, 5) is 4.54. The van der Waals surface area contributed by atoms with Crippen LogP contribution in [0, 0.1) is 19.1 Å². The maximum absolute atomic E-state index is 6.39. The van der Waals surface area contributed by atoms with Gasteiger partial charge in [0.1, 0.15) is 5.69 Å². The molecule has 0 aliphatic carbocycles. The predicted molar refractivity (Wildman–Crippen MR) is 208 cm³/mol. The van der Waals surface area contributed by atoms with Gasteiger partial charge < -0.3 is 9.72 Å². The molecule has 248 valence electrons. The molecule has 0 spiro atoms. The Morgan fingerprint density at radius 2 is 1.23 bits per heavy atom. The molecular weight excluding hydrogens is 818 g/mol. The maximum Gasteiger partial charge on any atom is 2.00 e. The van der Waals surface area contributed by atoms with Crippen molar-refractivity contribution in [2.45, 2.75) is 6.92 Å². The summed E-state index contributed by atoms with van der Waals surface area (Å²) in [5.41, 5.74) is 11.3. The molecular formula is C47H31N3OPt+2. The number of hydrogen-bond donors (Lipinski definition) is 0. The molecule has 0 radical (unpaired) electrons. The molecule has 4 nitrogen and oxygen atoms in total. The first-order chi connectivity index (χ1) is 25.2. The van der Waals surface area contributed by atoms with Gasteiger partial charge in [-0.15, -0.1) is 29.8 Å². The summed E-state index contributed by atoms with van der Waals surface area (Å²) in [6.45, 7) is 2.06. The minimum Gasteiger partial charge on any atom is -0.503 e. The number of para-hydroxylation sites is 1. The number of nitrogens with zero attached hydrogens (tertiary/aromatic N) is 3. The molecule has 7 aromatic carbocycles. The largest absolute Gasteiger partial charge is 2.00 e. The molecule has 9 rings (SSSR count). The topological polar surface area (TPSA) is 28.1 Å². The van der Waals surface area contributed by atoms with Crippen LogP contribution in [0.2, 0.25) is 0 Å². The van der Waals surface area contributed by atoms with Gasteiger partial charge in [0.15, 0.2) is 0 Å². The van der Waals surface area contributed by atoms with Crippen molar-refractivity contribution in [1.29, 1.82) is 0 Å². The fourth-order valence-electron chi connectivity index (χ4n) is 6.78. The summed E-state index contributed by atoms with van der Waals surface area (Å²) >= 11 is 0. The zero-order valence-electron chi connectivity index (χ0n) is 28.2. The van der Waals surface area contributed by atoms with E-state index in [9.17, 15) is 0 Å². The van der Waals surface area contributed by atoms with Gasteiger partial charge in [-0.25, -0.2) is 0 Å². The van der Waals surface area contributed by atoms with E-state index in [1.807, 2.05) is 54.7 Å². The molecule has 0 fully saturated rings. The number of ether oxygens (including phenoxy) is 1. The predicted octanol–water partition coefficient (Wildman–Crippen LogP) is 11.8. The van der Waals surface area contributed by atoms with E-state index in [2.05, 4.69) is 154 Å². The first-order valence-corrected chi connectivity index (χ1v) is 17.0. The van der Waals surface area contributed by atoms with E-state index in [4.69, 9.17) is 4.74 Å². The van der Waals surface area contributed by atoms with Crippen molar-refractivity contribution in [1.82, 2.24) is 14.1 Å². The van der Waals surface area contributed by atoms with E-state index in [1.54, 1.807) is 0 Å². The van der Waals surface area contributed by atoms with Gasteiger partial charge in [-0.2, -0.15) is 6.07 Å². The average Bonchev–Trinajstić information content (AvgIpc) is 3.59. The standard InChI is InChI=1S/C47H31N3O.Pt/c1-33-27-28-48-44(29-33)37-18-10-20-39(30-37)51-40-21-11-19-38(31-40)49-32-50(47-43-22-9-8-17-36(43)25-26-45(47)49)46-41(34-13-4-2-5-14-34)23-12-24-42(46)35-15-6-3-7-16-35;/h2-29H,1H3;/q;+2. The van der Waals surface area contributed by atoms with E-state index in [0.717, 1.165) is 72.6 Å². The zero-order valence-corrected chi connectivity index (χ0v) is 30.5. The molecule has 2 heterocycles. The van der Waals surface area contributed by atoms with Gasteiger partial charge in [0.25, 0.3) is 5.69 Å². The van der Waals surface area contributed by atoms with Crippen molar-refractivity contribution in [3.05, 3.63) is 188 Å². The number of benzene rings is 7. The Hall–Kier alpha value is -6.18. The Morgan fingerprint density at radius 3 is 1.96 bits per heavy atom.